The van der Waals surface area contributed by atoms with E-state index in [4.69, 9.17) is 27.9 Å². The summed E-state index contributed by atoms with van der Waals surface area (Å²) in [5.41, 5.74) is 3.19. The number of benzene rings is 3. The molecular weight excluding hydrogens is 471 g/mol. The summed E-state index contributed by atoms with van der Waals surface area (Å²) in [6, 6.07) is 16.7. The summed E-state index contributed by atoms with van der Waals surface area (Å²) in [6.45, 7) is 0.681. The molecule has 9 heteroatoms. The molecule has 0 aliphatic carbocycles. The summed E-state index contributed by atoms with van der Waals surface area (Å²) >= 11 is 12.0. The first-order chi connectivity index (χ1) is 15.3. The summed E-state index contributed by atoms with van der Waals surface area (Å²) in [5, 5.41) is 0.797. The third-order valence-electron chi connectivity index (χ3n) is 5.28. The van der Waals surface area contributed by atoms with E-state index in [1.54, 1.807) is 29.2 Å². The molecule has 0 aromatic heterocycles. The molecule has 166 valence electrons. The first-order valence-electron chi connectivity index (χ1n) is 9.81. The van der Waals surface area contributed by atoms with Crippen molar-refractivity contribution in [2.45, 2.75) is 17.9 Å². The highest BCUT2D eigenvalue weighted by molar-refractivity contribution is 7.89. The Hall–Kier alpha value is -2.58. The molecule has 0 bridgehead atoms. The maximum atomic E-state index is 12.9. The molecular formula is C23H20Cl2N2O4S. The summed E-state index contributed by atoms with van der Waals surface area (Å²) in [6.07, 6.45) is 0.698. The highest BCUT2D eigenvalue weighted by atomic mass is 35.5. The number of hydrogen-bond donors (Lipinski definition) is 1. The van der Waals surface area contributed by atoms with Crippen LogP contribution in [0, 0.1) is 0 Å². The minimum absolute atomic E-state index is 0.0594. The van der Waals surface area contributed by atoms with Crippen LogP contribution in [0.1, 0.15) is 21.5 Å². The Morgan fingerprint density at radius 2 is 1.81 bits per heavy atom. The Labute approximate surface area is 196 Å². The van der Waals surface area contributed by atoms with Crippen molar-refractivity contribution < 1.29 is 17.9 Å². The van der Waals surface area contributed by atoms with Gasteiger partial charge in [0.15, 0.2) is 0 Å². The molecule has 0 spiro atoms. The van der Waals surface area contributed by atoms with Crippen molar-refractivity contribution >= 4 is 44.8 Å². The third-order valence-corrected chi connectivity index (χ3v) is 7.22. The number of nitrogens with zero attached hydrogens (tertiary/aromatic N) is 1. The van der Waals surface area contributed by atoms with E-state index in [2.05, 4.69) is 4.72 Å². The molecule has 0 fully saturated rings. The fourth-order valence-corrected chi connectivity index (χ4v) is 5.09. The minimum atomic E-state index is -3.75. The molecule has 3 aromatic rings. The Kier molecular flexibility index (Phi) is 6.44. The van der Waals surface area contributed by atoms with Crippen molar-refractivity contribution in [1.29, 1.82) is 0 Å². The van der Waals surface area contributed by atoms with Crippen LogP contribution in [0.4, 0.5) is 5.69 Å². The van der Waals surface area contributed by atoms with Gasteiger partial charge in [-0.05, 0) is 66.1 Å². The van der Waals surface area contributed by atoms with Crippen LogP contribution in [-0.2, 0) is 23.0 Å². The maximum Gasteiger partial charge on any atom is 0.258 e. The standard InChI is InChI=1S/C23H20Cl2N2O4S/c1-31-22-9-7-19(13-20(22)25)32(29,30)26-14-15-2-8-21-17(12-15)10-11-27(21)23(28)16-3-5-18(24)6-4-16/h2-9,12-13,26H,10-11,14H2,1H3. The zero-order valence-corrected chi connectivity index (χ0v) is 19.5. The number of methoxy groups -OCH3 is 1. The van der Waals surface area contributed by atoms with Gasteiger partial charge in [-0.3, -0.25) is 4.79 Å². The van der Waals surface area contributed by atoms with Gasteiger partial charge in [-0.2, -0.15) is 0 Å². The van der Waals surface area contributed by atoms with Crippen LogP contribution in [0.3, 0.4) is 0 Å². The van der Waals surface area contributed by atoms with Gasteiger partial charge in [0.25, 0.3) is 5.91 Å². The van der Waals surface area contributed by atoms with Crippen LogP contribution >= 0.6 is 23.2 Å². The Bertz CT molecular complexity index is 1280. The maximum absolute atomic E-state index is 12.9. The largest absolute Gasteiger partial charge is 0.495 e. The minimum Gasteiger partial charge on any atom is -0.495 e. The summed E-state index contributed by atoms with van der Waals surface area (Å²) in [5.74, 6) is 0.312. The molecule has 0 radical (unpaired) electrons. The Morgan fingerprint density at radius 1 is 1.06 bits per heavy atom. The van der Waals surface area contributed by atoms with Crippen molar-refractivity contribution in [2.75, 3.05) is 18.6 Å². The number of sulfonamides is 1. The first kappa shape index (κ1) is 22.6. The van der Waals surface area contributed by atoms with E-state index >= 15 is 0 Å². The van der Waals surface area contributed by atoms with Gasteiger partial charge >= 0.3 is 0 Å². The van der Waals surface area contributed by atoms with E-state index in [9.17, 15) is 13.2 Å². The van der Waals surface area contributed by atoms with Crippen LogP contribution in [0.25, 0.3) is 0 Å². The van der Waals surface area contributed by atoms with Crippen LogP contribution < -0.4 is 14.4 Å². The van der Waals surface area contributed by atoms with E-state index in [1.165, 1.54) is 25.3 Å². The number of fused-ring (bicyclic) bond motifs is 1. The fourth-order valence-electron chi connectivity index (χ4n) is 3.60. The summed E-state index contributed by atoms with van der Waals surface area (Å²) in [4.78, 5) is 14.7. The number of amides is 1. The van der Waals surface area contributed by atoms with Crippen LogP contribution in [-0.4, -0.2) is 28.0 Å². The van der Waals surface area contributed by atoms with Gasteiger partial charge in [0.1, 0.15) is 5.75 Å². The zero-order chi connectivity index (χ0) is 22.9. The van der Waals surface area contributed by atoms with E-state index in [0.29, 0.717) is 29.3 Å². The van der Waals surface area contributed by atoms with Crippen LogP contribution in [0.2, 0.25) is 10.0 Å². The van der Waals surface area contributed by atoms with Gasteiger partial charge in [0.05, 0.1) is 17.0 Å². The number of anilines is 1. The zero-order valence-electron chi connectivity index (χ0n) is 17.1. The Morgan fingerprint density at radius 3 is 2.50 bits per heavy atom. The molecule has 1 heterocycles. The van der Waals surface area contributed by atoms with Crippen molar-refractivity contribution in [3.05, 3.63) is 87.4 Å². The van der Waals surface area contributed by atoms with Crippen molar-refractivity contribution in [2.24, 2.45) is 0 Å². The quantitative estimate of drug-likeness (QED) is 0.543. The second-order valence-corrected chi connectivity index (χ2v) is 9.91. The van der Waals surface area contributed by atoms with Gasteiger partial charge in [0.2, 0.25) is 10.0 Å². The SMILES string of the molecule is COc1ccc(S(=O)(=O)NCc2ccc3c(c2)CCN3C(=O)c2ccc(Cl)cc2)cc1Cl. The summed E-state index contributed by atoms with van der Waals surface area (Å²) < 4.78 is 32.9. The molecule has 0 atom stereocenters. The number of halogens is 2. The van der Waals surface area contributed by atoms with E-state index in [-0.39, 0.29) is 22.4 Å². The third kappa shape index (κ3) is 4.61. The predicted molar refractivity (Wildman–Crippen MR) is 125 cm³/mol. The predicted octanol–water partition coefficient (Wildman–Crippen LogP) is 4.68. The lowest BCUT2D eigenvalue weighted by Gasteiger charge is -2.18. The topological polar surface area (TPSA) is 75.7 Å². The average Bonchev–Trinajstić information content (AvgIpc) is 3.21. The molecule has 32 heavy (non-hydrogen) atoms. The molecule has 1 amide bonds. The van der Waals surface area contributed by atoms with E-state index in [1.807, 2.05) is 18.2 Å². The highest BCUT2D eigenvalue weighted by Gasteiger charge is 2.26. The molecule has 1 aliphatic rings. The number of hydrogen-bond acceptors (Lipinski definition) is 4. The smallest absolute Gasteiger partial charge is 0.258 e. The molecule has 0 saturated heterocycles. The lowest BCUT2D eigenvalue weighted by atomic mass is 10.1. The number of carbonyl (C=O) groups is 1. The molecule has 3 aromatic carbocycles. The van der Waals surface area contributed by atoms with Gasteiger partial charge in [-0.1, -0.05) is 35.3 Å². The fraction of sp³-hybridized carbons (Fsp3) is 0.174. The van der Waals surface area contributed by atoms with Crippen molar-refractivity contribution in [3.8, 4) is 5.75 Å². The monoisotopic (exact) mass is 490 g/mol. The number of ether oxygens (including phenoxy) is 1. The van der Waals surface area contributed by atoms with Crippen molar-refractivity contribution in [1.82, 2.24) is 4.72 Å². The molecule has 1 N–H and O–H groups in total. The second-order valence-electron chi connectivity index (χ2n) is 7.30. The van der Waals surface area contributed by atoms with E-state index < -0.39 is 10.0 Å². The molecule has 1 aliphatic heterocycles. The lowest BCUT2D eigenvalue weighted by molar-refractivity contribution is 0.0989. The Balaban J connectivity index is 1.47. The van der Waals surface area contributed by atoms with Crippen molar-refractivity contribution in [3.63, 3.8) is 0 Å². The molecule has 4 rings (SSSR count). The van der Waals surface area contributed by atoms with Crippen LogP contribution in [0.5, 0.6) is 5.75 Å². The second kappa shape index (κ2) is 9.11. The first-order valence-corrected chi connectivity index (χ1v) is 12.0. The molecule has 0 saturated carbocycles. The lowest BCUT2D eigenvalue weighted by Crippen LogP contribution is -2.28. The average molecular weight is 491 g/mol. The highest BCUT2D eigenvalue weighted by Crippen LogP contribution is 2.31. The molecule has 0 unspecified atom stereocenters. The number of nitrogens with one attached hydrogen (secondary N) is 1. The van der Waals surface area contributed by atoms with Gasteiger partial charge < -0.3 is 9.64 Å². The molecule has 6 nitrogen and oxygen atoms in total. The van der Waals surface area contributed by atoms with Gasteiger partial charge in [-0.15, -0.1) is 0 Å². The van der Waals surface area contributed by atoms with Crippen LogP contribution in [0.15, 0.2) is 65.6 Å². The normalized spacial score (nSPS) is 13.2. The number of rotatable bonds is 6. The number of carbonyl (C=O) groups excluding carboxylic acids is 1. The summed E-state index contributed by atoms with van der Waals surface area (Å²) in [7, 11) is -2.29. The van der Waals surface area contributed by atoms with Gasteiger partial charge in [0, 0.05) is 29.4 Å². The van der Waals surface area contributed by atoms with Gasteiger partial charge in [-0.25, -0.2) is 13.1 Å². The van der Waals surface area contributed by atoms with E-state index in [0.717, 1.165) is 16.8 Å².